The molecule has 0 heterocycles. The van der Waals surface area contributed by atoms with Gasteiger partial charge in [-0.15, -0.1) is 0 Å². The Bertz CT molecular complexity index is 668. The van der Waals surface area contributed by atoms with E-state index in [1.54, 1.807) is 24.3 Å². The van der Waals surface area contributed by atoms with Gasteiger partial charge in [-0.05, 0) is 30.2 Å². The number of carbonyl (C=O) groups is 2. The van der Waals surface area contributed by atoms with Gasteiger partial charge in [0.1, 0.15) is 0 Å². The van der Waals surface area contributed by atoms with Crippen molar-refractivity contribution in [3.05, 3.63) is 65.7 Å². The van der Waals surface area contributed by atoms with Gasteiger partial charge >= 0.3 is 0 Å². The Labute approximate surface area is 137 Å². The van der Waals surface area contributed by atoms with Crippen LogP contribution < -0.4 is 5.32 Å². The van der Waals surface area contributed by atoms with Crippen molar-refractivity contribution >= 4 is 17.5 Å². The van der Waals surface area contributed by atoms with Crippen LogP contribution in [0.4, 0.5) is 5.69 Å². The van der Waals surface area contributed by atoms with Crippen molar-refractivity contribution in [2.75, 3.05) is 11.9 Å². The lowest BCUT2D eigenvalue weighted by atomic mass is 10.1. The normalized spacial score (nSPS) is 10.2. The topological polar surface area (TPSA) is 49.4 Å². The molecule has 0 bridgehead atoms. The van der Waals surface area contributed by atoms with Gasteiger partial charge in [0.05, 0.1) is 0 Å². The van der Waals surface area contributed by atoms with Crippen LogP contribution in [0.1, 0.15) is 36.2 Å². The second kappa shape index (κ2) is 8.13. The first-order valence-electron chi connectivity index (χ1n) is 7.81. The summed E-state index contributed by atoms with van der Waals surface area (Å²) in [6.07, 6.45) is 0.893. The van der Waals surface area contributed by atoms with Gasteiger partial charge in [-0.1, -0.05) is 43.3 Å². The highest BCUT2D eigenvalue weighted by Crippen LogP contribution is 2.15. The molecule has 0 saturated heterocycles. The van der Waals surface area contributed by atoms with E-state index in [0.717, 1.165) is 12.0 Å². The van der Waals surface area contributed by atoms with E-state index >= 15 is 0 Å². The Morgan fingerprint density at radius 3 is 2.43 bits per heavy atom. The second-order valence-corrected chi connectivity index (χ2v) is 5.47. The maximum Gasteiger partial charge on any atom is 0.254 e. The van der Waals surface area contributed by atoms with Crippen molar-refractivity contribution in [3.63, 3.8) is 0 Å². The molecule has 23 heavy (non-hydrogen) atoms. The Morgan fingerprint density at radius 2 is 1.78 bits per heavy atom. The van der Waals surface area contributed by atoms with E-state index in [-0.39, 0.29) is 11.8 Å². The zero-order valence-corrected chi connectivity index (χ0v) is 13.6. The van der Waals surface area contributed by atoms with Gasteiger partial charge in [-0.2, -0.15) is 0 Å². The molecule has 2 aromatic rings. The summed E-state index contributed by atoms with van der Waals surface area (Å²) in [5.41, 5.74) is 2.33. The molecular weight excluding hydrogens is 288 g/mol. The molecule has 4 nitrogen and oxygen atoms in total. The number of rotatable bonds is 6. The van der Waals surface area contributed by atoms with Crippen molar-refractivity contribution in [1.29, 1.82) is 0 Å². The molecule has 0 aliphatic rings. The number of anilines is 1. The van der Waals surface area contributed by atoms with Crippen LogP contribution in [0, 0.1) is 0 Å². The van der Waals surface area contributed by atoms with Crippen molar-refractivity contribution < 1.29 is 9.59 Å². The third-order valence-electron chi connectivity index (χ3n) is 3.43. The molecule has 0 radical (unpaired) electrons. The highest BCUT2D eigenvalue weighted by atomic mass is 16.2. The summed E-state index contributed by atoms with van der Waals surface area (Å²) in [6, 6.07) is 17.0. The van der Waals surface area contributed by atoms with Crippen LogP contribution in [-0.2, 0) is 11.3 Å². The summed E-state index contributed by atoms with van der Waals surface area (Å²) < 4.78 is 0. The maximum absolute atomic E-state index is 12.8. The summed E-state index contributed by atoms with van der Waals surface area (Å²) in [6.45, 7) is 4.78. The Kier molecular flexibility index (Phi) is 5.92. The molecule has 0 saturated carbocycles. The summed E-state index contributed by atoms with van der Waals surface area (Å²) in [4.78, 5) is 25.8. The lowest BCUT2D eigenvalue weighted by Gasteiger charge is -2.22. The third-order valence-corrected chi connectivity index (χ3v) is 3.43. The Hall–Kier alpha value is -2.62. The van der Waals surface area contributed by atoms with E-state index in [9.17, 15) is 9.59 Å². The standard InChI is InChI=1S/C19H22N2O2/c1-3-12-21(14-16-8-5-4-6-9-16)19(23)17-10-7-11-18(13-17)20-15(2)22/h4-11,13H,3,12,14H2,1-2H3,(H,20,22). The van der Waals surface area contributed by atoms with Crippen LogP contribution in [-0.4, -0.2) is 23.3 Å². The Morgan fingerprint density at radius 1 is 1.04 bits per heavy atom. The van der Waals surface area contributed by atoms with Crippen LogP contribution in [0.2, 0.25) is 0 Å². The lowest BCUT2D eigenvalue weighted by molar-refractivity contribution is -0.114. The van der Waals surface area contributed by atoms with Gasteiger partial charge < -0.3 is 10.2 Å². The van der Waals surface area contributed by atoms with Gasteiger partial charge in [-0.25, -0.2) is 0 Å². The molecule has 4 heteroatoms. The fourth-order valence-electron chi connectivity index (χ4n) is 2.44. The van der Waals surface area contributed by atoms with E-state index < -0.39 is 0 Å². The molecule has 0 unspecified atom stereocenters. The smallest absolute Gasteiger partial charge is 0.254 e. The minimum atomic E-state index is -0.149. The molecule has 2 aromatic carbocycles. The molecule has 2 amide bonds. The van der Waals surface area contributed by atoms with Crippen LogP contribution in [0.5, 0.6) is 0 Å². The van der Waals surface area contributed by atoms with Crippen molar-refractivity contribution in [3.8, 4) is 0 Å². The number of nitrogens with zero attached hydrogens (tertiary/aromatic N) is 1. The maximum atomic E-state index is 12.8. The van der Waals surface area contributed by atoms with E-state index in [1.165, 1.54) is 6.92 Å². The van der Waals surface area contributed by atoms with Crippen LogP contribution in [0.3, 0.4) is 0 Å². The zero-order chi connectivity index (χ0) is 16.7. The van der Waals surface area contributed by atoms with Crippen molar-refractivity contribution in [2.24, 2.45) is 0 Å². The highest BCUT2D eigenvalue weighted by Gasteiger charge is 2.16. The zero-order valence-electron chi connectivity index (χ0n) is 13.6. The minimum absolute atomic E-state index is 0.0251. The molecule has 0 spiro atoms. The number of carbonyl (C=O) groups excluding carboxylic acids is 2. The largest absolute Gasteiger partial charge is 0.334 e. The number of amides is 2. The first-order valence-corrected chi connectivity index (χ1v) is 7.81. The molecule has 0 aromatic heterocycles. The van der Waals surface area contributed by atoms with E-state index in [0.29, 0.717) is 24.3 Å². The first kappa shape index (κ1) is 16.7. The molecule has 2 rings (SSSR count). The summed E-state index contributed by atoms with van der Waals surface area (Å²) >= 11 is 0. The third kappa shape index (κ3) is 4.95. The quantitative estimate of drug-likeness (QED) is 0.884. The van der Waals surface area contributed by atoms with Gasteiger partial charge in [-0.3, -0.25) is 9.59 Å². The monoisotopic (exact) mass is 310 g/mol. The van der Waals surface area contributed by atoms with E-state index in [2.05, 4.69) is 12.2 Å². The van der Waals surface area contributed by atoms with Crippen LogP contribution >= 0.6 is 0 Å². The minimum Gasteiger partial charge on any atom is -0.334 e. The second-order valence-electron chi connectivity index (χ2n) is 5.47. The molecular formula is C19H22N2O2. The van der Waals surface area contributed by atoms with Gasteiger partial charge in [0.25, 0.3) is 5.91 Å². The molecule has 0 fully saturated rings. The van der Waals surface area contributed by atoms with Gasteiger partial charge in [0, 0.05) is 31.3 Å². The van der Waals surface area contributed by atoms with E-state index in [1.807, 2.05) is 35.2 Å². The van der Waals surface area contributed by atoms with E-state index in [4.69, 9.17) is 0 Å². The fraction of sp³-hybridized carbons (Fsp3) is 0.263. The average Bonchev–Trinajstić information content (AvgIpc) is 2.54. The van der Waals surface area contributed by atoms with Gasteiger partial charge in [0.15, 0.2) is 0 Å². The summed E-state index contributed by atoms with van der Waals surface area (Å²) in [5, 5.41) is 2.71. The molecule has 0 aliphatic carbocycles. The molecule has 120 valence electrons. The predicted molar refractivity (Wildman–Crippen MR) is 92.2 cm³/mol. The Balaban J connectivity index is 2.18. The van der Waals surface area contributed by atoms with Crippen LogP contribution in [0.15, 0.2) is 54.6 Å². The lowest BCUT2D eigenvalue weighted by Crippen LogP contribution is -2.31. The summed E-state index contributed by atoms with van der Waals surface area (Å²) in [7, 11) is 0. The molecule has 0 aliphatic heterocycles. The van der Waals surface area contributed by atoms with Crippen LogP contribution in [0.25, 0.3) is 0 Å². The average molecular weight is 310 g/mol. The first-order chi connectivity index (χ1) is 11.1. The number of benzene rings is 2. The number of hydrogen-bond donors (Lipinski definition) is 1. The highest BCUT2D eigenvalue weighted by molar-refractivity contribution is 5.96. The summed E-state index contributed by atoms with van der Waals surface area (Å²) in [5.74, 6) is -0.174. The number of hydrogen-bond acceptors (Lipinski definition) is 2. The SMILES string of the molecule is CCCN(Cc1ccccc1)C(=O)c1cccc(NC(C)=O)c1. The van der Waals surface area contributed by atoms with Crippen molar-refractivity contribution in [1.82, 2.24) is 4.90 Å². The number of nitrogens with one attached hydrogen (secondary N) is 1. The molecule has 1 N–H and O–H groups in total. The predicted octanol–water partition coefficient (Wildman–Crippen LogP) is 3.70. The van der Waals surface area contributed by atoms with Crippen molar-refractivity contribution in [2.45, 2.75) is 26.8 Å². The molecule has 0 atom stereocenters. The van der Waals surface area contributed by atoms with Gasteiger partial charge in [0.2, 0.25) is 5.91 Å². The fourth-order valence-corrected chi connectivity index (χ4v) is 2.44.